The molecule has 1 amide bonds. The maximum atomic E-state index is 12.4. The predicted octanol–water partition coefficient (Wildman–Crippen LogP) is 3.79. The number of nitrogens with zero attached hydrogens (tertiary/aromatic N) is 2. The third-order valence-electron chi connectivity index (χ3n) is 3.44. The van der Waals surface area contributed by atoms with Gasteiger partial charge in [-0.05, 0) is 37.3 Å². The van der Waals surface area contributed by atoms with Gasteiger partial charge in [0.2, 0.25) is 5.95 Å². The highest BCUT2D eigenvalue weighted by Gasteiger charge is 2.11. The summed E-state index contributed by atoms with van der Waals surface area (Å²) in [6.45, 7) is 1.82. The standard InChI is InChI=1S/C19H18N4O2/c1-13-11-17(18(24)21-14-7-4-3-5-8-14)23-19(20-13)22-15-9-6-10-16(12-15)25-2/h3-12H,1-2H3,(H,21,24)(H,20,22,23). The van der Waals surface area contributed by atoms with Gasteiger partial charge >= 0.3 is 0 Å². The first kappa shape index (κ1) is 16.4. The molecule has 126 valence electrons. The number of nitrogens with one attached hydrogen (secondary N) is 2. The first-order chi connectivity index (χ1) is 12.1. The monoisotopic (exact) mass is 334 g/mol. The summed E-state index contributed by atoms with van der Waals surface area (Å²) in [6.07, 6.45) is 0. The minimum Gasteiger partial charge on any atom is -0.497 e. The minimum atomic E-state index is -0.287. The van der Waals surface area contributed by atoms with E-state index in [-0.39, 0.29) is 5.91 Å². The minimum absolute atomic E-state index is 0.287. The first-order valence-corrected chi connectivity index (χ1v) is 7.77. The molecule has 1 aromatic heterocycles. The summed E-state index contributed by atoms with van der Waals surface area (Å²) < 4.78 is 5.20. The van der Waals surface area contributed by atoms with Crippen LogP contribution in [0.15, 0.2) is 60.7 Å². The van der Waals surface area contributed by atoms with Crippen molar-refractivity contribution in [2.75, 3.05) is 17.7 Å². The molecular weight excluding hydrogens is 316 g/mol. The number of ether oxygens (including phenoxy) is 1. The van der Waals surface area contributed by atoms with Crippen molar-refractivity contribution in [3.05, 3.63) is 72.1 Å². The van der Waals surface area contributed by atoms with Crippen LogP contribution in [0.3, 0.4) is 0 Å². The van der Waals surface area contributed by atoms with E-state index in [4.69, 9.17) is 4.74 Å². The Morgan fingerprint density at radius 1 is 0.960 bits per heavy atom. The summed E-state index contributed by atoms with van der Waals surface area (Å²) in [5, 5.41) is 5.91. The zero-order chi connectivity index (χ0) is 17.6. The summed E-state index contributed by atoms with van der Waals surface area (Å²) in [7, 11) is 1.61. The van der Waals surface area contributed by atoms with Crippen molar-refractivity contribution >= 4 is 23.2 Å². The number of carbonyl (C=O) groups is 1. The summed E-state index contributed by atoms with van der Waals surface area (Å²) in [5.74, 6) is 0.788. The third kappa shape index (κ3) is 4.32. The van der Waals surface area contributed by atoms with Crippen LogP contribution in [-0.4, -0.2) is 23.0 Å². The lowest BCUT2D eigenvalue weighted by Gasteiger charge is -2.09. The second-order valence-corrected chi connectivity index (χ2v) is 5.40. The van der Waals surface area contributed by atoms with Gasteiger partial charge in [0.25, 0.3) is 5.91 Å². The SMILES string of the molecule is COc1cccc(Nc2nc(C)cc(C(=O)Nc3ccccc3)n2)c1. The fourth-order valence-corrected chi connectivity index (χ4v) is 2.29. The largest absolute Gasteiger partial charge is 0.497 e. The van der Waals surface area contributed by atoms with E-state index in [0.29, 0.717) is 23.0 Å². The average molecular weight is 334 g/mol. The Labute approximate surface area is 145 Å². The molecule has 3 rings (SSSR count). The second kappa shape index (κ2) is 7.44. The number of hydrogen-bond donors (Lipinski definition) is 2. The number of hydrogen-bond acceptors (Lipinski definition) is 5. The molecule has 2 N–H and O–H groups in total. The molecule has 0 unspecified atom stereocenters. The normalized spacial score (nSPS) is 10.2. The number of para-hydroxylation sites is 1. The zero-order valence-electron chi connectivity index (χ0n) is 14.0. The molecule has 0 bridgehead atoms. The van der Waals surface area contributed by atoms with Gasteiger partial charge in [-0.15, -0.1) is 0 Å². The fraction of sp³-hybridized carbons (Fsp3) is 0.105. The molecule has 1 heterocycles. The maximum absolute atomic E-state index is 12.4. The van der Waals surface area contributed by atoms with Crippen molar-refractivity contribution in [3.8, 4) is 5.75 Å². The van der Waals surface area contributed by atoms with E-state index in [1.165, 1.54) is 0 Å². The smallest absolute Gasteiger partial charge is 0.274 e. The molecule has 0 aliphatic rings. The summed E-state index contributed by atoms with van der Waals surface area (Å²) in [5.41, 5.74) is 2.48. The van der Waals surface area contributed by atoms with Gasteiger partial charge in [-0.2, -0.15) is 0 Å². The van der Waals surface area contributed by atoms with Gasteiger partial charge < -0.3 is 15.4 Å². The van der Waals surface area contributed by atoms with E-state index in [9.17, 15) is 4.79 Å². The number of benzene rings is 2. The molecule has 0 fully saturated rings. The zero-order valence-corrected chi connectivity index (χ0v) is 14.0. The number of anilines is 3. The highest BCUT2D eigenvalue weighted by molar-refractivity contribution is 6.03. The van der Waals surface area contributed by atoms with Crippen LogP contribution in [0.5, 0.6) is 5.75 Å². The van der Waals surface area contributed by atoms with Gasteiger partial charge in [0, 0.05) is 23.1 Å². The molecule has 6 heteroatoms. The van der Waals surface area contributed by atoms with Crippen molar-refractivity contribution in [1.82, 2.24) is 9.97 Å². The molecule has 0 aliphatic heterocycles. The molecule has 0 radical (unpaired) electrons. The molecule has 3 aromatic rings. The lowest BCUT2D eigenvalue weighted by molar-refractivity contribution is 0.102. The number of rotatable bonds is 5. The Morgan fingerprint density at radius 2 is 1.72 bits per heavy atom. The van der Waals surface area contributed by atoms with Gasteiger partial charge in [0.05, 0.1) is 7.11 Å². The van der Waals surface area contributed by atoms with E-state index in [1.54, 1.807) is 13.2 Å². The van der Waals surface area contributed by atoms with Crippen molar-refractivity contribution in [2.24, 2.45) is 0 Å². The summed E-state index contributed by atoms with van der Waals surface area (Å²) >= 11 is 0. The molecular formula is C19H18N4O2. The number of aryl methyl sites for hydroxylation is 1. The average Bonchev–Trinajstić information content (AvgIpc) is 2.62. The maximum Gasteiger partial charge on any atom is 0.274 e. The molecule has 2 aromatic carbocycles. The summed E-state index contributed by atoms with van der Waals surface area (Å²) in [6, 6.07) is 18.3. The second-order valence-electron chi connectivity index (χ2n) is 5.40. The van der Waals surface area contributed by atoms with Gasteiger partial charge in [0.1, 0.15) is 11.4 Å². The Balaban J connectivity index is 1.81. The van der Waals surface area contributed by atoms with Crippen LogP contribution in [0.1, 0.15) is 16.2 Å². The Morgan fingerprint density at radius 3 is 2.48 bits per heavy atom. The highest BCUT2D eigenvalue weighted by Crippen LogP contribution is 2.20. The topological polar surface area (TPSA) is 76.1 Å². The Bertz CT molecular complexity index is 882. The summed E-state index contributed by atoms with van der Waals surface area (Å²) in [4.78, 5) is 21.1. The van der Waals surface area contributed by atoms with Crippen LogP contribution in [0, 0.1) is 6.92 Å². The van der Waals surface area contributed by atoms with Gasteiger partial charge in [-0.25, -0.2) is 9.97 Å². The van der Waals surface area contributed by atoms with Crippen molar-refractivity contribution in [2.45, 2.75) is 6.92 Å². The Kier molecular flexibility index (Phi) is 4.89. The number of carbonyl (C=O) groups excluding carboxylic acids is 1. The Hall–Kier alpha value is -3.41. The first-order valence-electron chi connectivity index (χ1n) is 7.77. The van der Waals surface area contributed by atoms with Crippen LogP contribution >= 0.6 is 0 Å². The highest BCUT2D eigenvalue weighted by atomic mass is 16.5. The molecule has 6 nitrogen and oxygen atoms in total. The number of amides is 1. The lowest BCUT2D eigenvalue weighted by Crippen LogP contribution is -2.15. The number of methoxy groups -OCH3 is 1. The van der Waals surface area contributed by atoms with Gasteiger partial charge in [-0.1, -0.05) is 24.3 Å². The molecule has 0 aliphatic carbocycles. The van der Waals surface area contributed by atoms with Crippen molar-refractivity contribution < 1.29 is 9.53 Å². The van der Waals surface area contributed by atoms with Crippen LogP contribution < -0.4 is 15.4 Å². The number of aromatic nitrogens is 2. The van der Waals surface area contributed by atoms with Crippen LogP contribution in [0.2, 0.25) is 0 Å². The van der Waals surface area contributed by atoms with Crippen molar-refractivity contribution in [1.29, 1.82) is 0 Å². The molecule has 25 heavy (non-hydrogen) atoms. The third-order valence-corrected chi connectivity index (χ3v) is 3.44. The van der Waals surface area contributed by atoms with E-state index in [0.717, 1.165) is 11.4 Å². The van der Waals surface area contributed by atoms with E-state index < -0.39 is 0 Å². The molecule has 0 spiro atoms. The van der Waals surface area contributed by atoms with Gasteiger partial charge in [0.15, 0.2) is 0 Å². The predicted molar refractivity (Wildman–Crippen MR) is 97.4 cm³/mol. The van der Waals surface area contributed by atoms with E-state index in [2.05, 4.69) is 20.6 Å². The quantitative estimate of drug-likeness (QED) is 0.742. The van der Waals surface area contributed by atoms with E-state index >= 15 is 0 Å². The van der Waals surface area contributed by atoms with Crippen LogP contribution in [-0.2, 0) is 0 Å². The molecule has 0 atom stereocenters. The van der Waals surface area contributed by atoms with Crippen LogP contribution in [0.4, 0.5) is 17.3 Å². The lowest BCUT2D eigenvalue weighted by atomic mass is 10.3. The molecule has 0 saturated carbocycles. The van der Waals surface area contributed by atoms with Crippen LogP contribution in [0.25, 0.3) is 0 Å². The van der Waals surface area contributed by atoms with Gasteiger partial charge in [-0.3, -0.25) is 4.79 Å². The van der Waals surface area contributed by atoms with Crippen molar-refractivity contribution in [3.63, 3.8) is 0 Å². The fourth-order valence-electron chi connectivity index (χ4n) is 2.29. The molecule has 0 saturated heterocycles. The van der Waals surface area contributed by atoms with E-state index in [1.807, 2.05) is 61.5 Å².